The fourth-order valence-corrected chi connectivity index (χ4v) is 6.01. The molecule has 2 nitrogen and oxygen atoms in total. The number of anilines is 1. The van der Waals surface area contributed by atoms with Gasteiger partial charge in [0.25, 0.3) is 0 Å². The first-order chi connectivity index (χ1) is 10.4. The summed E-state index contributed by atoms with van der Waals surface area (Å²) in [6, 6.07) is 4.76. The fraction of sp³-hybridized carbons (Fsp3) is 0.600. The summed E-state index contributed by atoms with van der Waals surface area (Å²) in [5.41, 5.74) is 7.60. The number of nitrogens with zero attached hydrogens (tertiary/aromatic N) is 2. The minimum absolute atomic E-state index is 0.113. The first-order valence-electron chi connectivity index (χ1n) is 8.70. The summed E-state index contributed by atoms with van der Waals surface area (Å²) < 4.78 is 0. The van der Waals surface area contributed by atoms with E-state index in [9.17, 15) is 0 Å². The normalized spacial score (nSPS) is 34.4. The van der Waals surface area contributed by atoms with Crippen molar-refractivity contribution < 1.29 is 0 Å². The molecule has 0 N–H and O–H groups in total. The maximum Gasteiger partial charge on any atom is 0.106 e. The predicted octanol–water partition coefficient (Wildman–Crippen LogP) is 4.15. The van der Waals surface area contributed by atoms with Crippen molar-refractivity contribution in [3.05, 3.63) is 41.0 Å². The first-order valence-corrected chi connectivity index (χ1v) is 8.70. The van der Waals surface area contributed by atoms with Crippen LogP contribution in [0.2, 0.25) is 0 Å². The van der Waals surface area contributed by atoms with Crippen LogP contribution in [0.4, 0.5) is 5.69 Å². The first kappa shape index (κ1) is 14.3. The second-order valence-corrected chi connectivity index (χ2v) is 7.74. The molecule has 0 amide bonds. The van der Waals surface area contributed by atoms with Crippen LogP contribution < -0.4 is 4.90 Å². The molecule has 1 saturated carbocycles. The molecule has 1 aromatic rings. The molecule has 1 aromatic carbocycles. The molecule has 118 valence electrons. The summed E-state index contributed by atoms with van der Waals surface area (Å²) in [6.07, 6.45) is 6.28. The Bertz CT molecular complexity index is 662. The van der Waals surface area contributed by atoms with Crippen LogP contribution in [0.1, 0.15) is 48.8 Å². The zero-order valence-corrected chi connectivity index (χ0v) is 14.5. The topological polar surface area (TPSA) is 6.48 Å². The summed E-state index contributed by atoms with van der Waals surface area (Å²) in [7, 11) is 4.64. The van der Waals surface area contributed by atoms with E-state index in [0.717, 1.165) is 0 Å². The van der Waals surface area contributed by atoms with Gasteiger partial charge in [0, 0.05) is 19.3 Å². The lowest BCUT2D eigenvalue weighted by atomic mass is 9.65. The van der Waals surface area contributed by atoms with Crippen LogP contribution in [-0.2, 0) is 5.41 Å². The average Bonchev–Trinajstić information content (AvgIpc) is 2.80. The van der Waals surface area contributed by atoms with Gasteiger partial charge in [0.15, 0.2) is 0 Å². The van der Waals surface area contributed by atoms with Gasteiger partial charge in [0.1, 0.15) is 5.66 Å². The molecule has 0 unspecified atom stereocenters. The van der Waals surface area contributed by atoms with Gasteiger partial charge in [-0.2, -0.15) is 0 Å². The van der Waals surface area contributed by atoms with Crippen molar-refractivity contribution >= 4 is 5.69 Å². The molecule has 1 saturated heterocycles. The Hall–Kier alpha value is -1.28. The molecule has 2 aliphatic heterocycles. The van der Waals surface area contributed by atoms with Crippen LogP contribution in [0.5, 0.6) is 0 Å². The minimum Gasteiger partial charge on any atom is -0.355 e. The molecule has 3 aliphatic rings. The van der Waals surface area contributed by atoms with Gasteiger partial charge < -0.3 is 4.90 Å². The molecule has 1 aliphatic carbocycles. The monoisotopic (exact) mass is 296 g/mol. The Balaban J connectivity index is 2.09. The summed E-state index contributed by atoms with van der Waals surface area (Å²) in [5, 5.41) is 0. The van der Waals surface area contributed by atoms with Crippen LogP contribution in [0.3, 0.4) is 0 Å². The van der Waals surface area contributed by atoms with Crippen molar-refractivity contribution in [1.29, 1.82) is 0 Å². The third-order valence-electron chi connectivity index (χ3n) is 6.80. The fourth-order valence-electron chi connectivity index (χ4n) is 6.01. The van der Waals surface area contributed by atoms with Crippen LogP contribution in [0.25, 0.3) is 0 Å². The molecule has 22 heavy (non-hydrogen) atoms. The summed E-state index contributed by atoms with van der Waals surface area (Å²) in [6.45, 7) is 10.3. The van der Waals surface area contributed by atoms with Crippen molar-refractivity contribution in [2.24, 2.45) is 0 Å². The third-order valence-corrected chi connectivity index (χ3v) is 6.80. The van der Waals surface area contributed by atoms with E-state index in [1.54, 1.807) is 5.56 Å². The molecule has 2 atom stereocenters. The van der Waals surface area contributed by atoms with E-state index in [1.165, 1.54) is 61.0 Å². The zero-order valence-electron chi connectivity index (χ0n) is 14.5. The van der Waals surface area contributed by atoms with Gasteiger partial charge in [-0.3, -0.25) is 4.90 Å². The van der Waals surface area contributed by atoms with Crippen molar-refractivity contribution in [2.75, 3.05) is 25.5 Å². The van der Waals surface area contributed by atoms with Gasteiger partial charge in [0.2, 0.25) is 0 Å². The SMILES string of the molecule is C=C1CCCC[C@@]23N(C)CC[C@@]12c1c(C)cc(C)cc1N3C. The van der Waals surface area contributed by atoms with E-state index in [2.05, 4.69) is 56.5 Å². The van der Waals surface area contributed by atoms with Gasteiger partial charge in [-0.1, -0.05) is 18.2 Å². The van der Waals surface area contributed by atoms with Crippen molar-refractivity contribution in [3.63, 3.8) is 0 Å². The Kier molecular flexibility index (Phi) is 2.85. The maximum absolute atomic E-state index is 4.62. The van der Waals surface area contributed by atoms with Crippen molar-refractivity contribution in [1.82, 2.24) is 4.90 Å². The minimum atomic E-state index is 0.113. The largest absolute Gasteiger partial charge is 0.355 e. The molecule has 2 fully saturated rings. The molecular weight excluding hydrogens is 268 g/mol. The summed E-state index contributed by atoms with van der Waals surface area (Å²) >= 11 is 0. The second-order valence-electron chi connectivity index (χ2n) is 7.74. The van der Waals surface area contributed by atoms with Gasteiger partial charge in [-0.05, 0) is 75.8 Å². The van der Waals surface area contributed by atoms with Gasteiger partial charge in [-0.15, -0.1) is 0 Å². The van der Waals surface area contributed by atoms with Crippen LogP contribution in [0, 0.1) is 13.8 Å². The number of likely N-dealkylation sites (tertiary alicyclic amines) is 1. The quantitative estimate of drug-likeness (QED) is 0.664. The van der Waals surface area contributed by atoms with Crippen molar-refractivity contribution in [2.45, 2.75) is 57.0 Å². The molecule has 0 bridgehead atoms. The number of hydrogen-bond donors (Lipinski definition) is 0. The molecule has 0 radical (unpaired) electrons. The van der Waals surface area contributed by atoms with Gasteiger partial charge in [0.05, 0.1) is 5.41 Å². The number of likely N-dealkylation sites (N-methyl/N-ethyl adjacent to an activating group) is 2. The van der Waals surface area contributed by atoms with E-state index >= 15 is 0 Å². The Labute approximate surface area is 134 Å². The highest BCUT2D eigenvalue weighted by Gasteiger charge is 2.67. The van der Waals surface area contributed by atoms with E-state index in [1.807, 2.05) is 0 Å². The summed E-state index contributed by atoms with van der Waals surface area (Å²) in [5.74, 6) is 0. The highest BCUT2D eigenvalue weighted by molar-refractivity contribution is 5.73. The molecule has 4 rings (SSSR count). The third kappa shape index (κ3) is 1.36. The smallest absolute Gasteiger partial charge is 0.106 e. The van der Waals surface area contributed by atoms with Crippen molar-refractivity contribution in [3.8, 4) is 0 Å². The maximum atomic E-state index is 4.62. The number of benzene rings is 1. The lowest BCUT2D eigenvalue weighted by molar-refractivity contribution is 0.125. The average molecular weight is 296 g/mol. The predicted molar refractivity (Wildman–Crippen MR) is 93.6 cm³/mol. The zero-order chi connectivity index (χ0) is 15.7. The number of rotatable bonds is 0. The van der Waals surface area contributed by atoms with E-state index in [4.69, 9.17) is 0 Å². The molecule has 0 aromatic heterocycles. The van der Waals surface area contributed by atoms with Gasteiger partial charge >= 0.3 is 0 Å². The highest BCUT2D eigenvalue weighted by atomic mass is 15.4. The van der Waals surface area contributed by atoms with E-state index in [0.29, 0.717) is 0 Å². The van der Waals surface area contributed by atoms with Crippen LogP contribution in [-0.4, -0.2) is 31.2 Å². The molecular formula is C20H28N2. The number of hydrogen-bond acceptors (Lipinski definition) is 2. The van der Waals surface area contributed by atoms with Gasteiger partial charge in [-0.25, -0.2) is 0 Å². The van der Waals surface area contributed by atoms with E-state index < -0.39 is 0 Å². The molecule has 0 spiro atoms. The Morgan fingerprint density at radius 2 is 1.86 bits per heavy atom. The lowest BCUT2D eigenvalue weighted by Gasteiger charge is -2.49. The molecule has 2 heteroatoms. The second kappa shape index (κ2) is 4.38. The summed E-state index contributed by atoms with van der Waals surface area (Å²) in [4.78, 5) is 5.23. The number of aryl methyl sites for hydroxylation is 2. The van der Waals surface area contributed by atoms with Crippen LogP contribution in [0.15, 0.2) is 24.3 Å². The lowest BCUT2D eigenvalue weighted by Crippen LogP contribution is -2.61. The van der Waals surface area contributed by atoms with E-state index in [-0.39, 0.29) is 11.1 Å². The Morgan fingerprint density at radius 3 is 2.64 bits per heavy atom. The highest BCUT2D eigenvalue weighted by Crippen LogP contribution is 2.65. The molecule has 2 heterocycles. The standard InChI is InChI=1S/C20H28N2/c1-14-12-15(2)18-17(13-14)22(5)20-9-7-6-8-16(3)19(18,20)10-11-21(20)4/h12-13H,3,6-11H2,1-2,4-5H3/t19-,20-/m0/s1. The van der Waals surface area contributed by atoms with Crippen LogP contribution >= 0.6 is 0 Å². The Morgan fingerprint density at radius 1 is 1.09 bits per heavy atom. The number of fused-ring (bicyclic) bond motifs is 1.